The predicted octanol–water partition coefficient (Wildman–Crippen LogP) is 2.44. The Morgan fingerprint density at radius 1 is 1.10 bits per heavy atom. The zero-order chi connectivity index (χ0) is 16.4. The van der Waals surface area contributed by atoms with Crippen LogP contribution in [0.5, 0.6) is 0 Å². The molecule has 0 saturated heterocycles. The number of nitrogens with one attached hydrogen (secondary N) is 1. The van der Waals surface area contributed by atoms with Crippen molar-refractivity contribution < 1.29 is 8.42 Å². The van der Waals surface area contributed by atoms with Crippen LogP contribution in [0.4, 0.5) is 0 Å². The van der Waals surface area contributed by atoms with E-state index in [-0.39, 0.29) is 5.41 Å². The van der Waals surface area contributed by atoms with Gasteiger partial charge in [-0.1, -0.05) is 32.9 Å². The van der Waals surface area contributed by atoms with Crippen LogP contribution in [0.15, 0.2) is 17.0 Å². The van der Waals surface area contributed by atoms with E-state index in [4.69, 9.17) is 0 Å². The maximum Gasteiger partial charge on any atom is 0.241 e. The van der Waals surface area contributed by atoms with E-state index in [1.807, 2.05) is 45.0 Å². The number of likely N-dealkylation sites (N-methyl/N-ethyl adjacent to an activating group) is 1. The smallest absolute Gasteiger partial charge is 0.241 e. The van der Waals surface area contributed by atoms with Crippen LogP contribution >= 0.6 is 0 Å². The minimum atomic E-state index is -3.46. The summed E-state index contributed by atoms with van der Waals surface area (Å²) in [7, 11) is 0.383. The highest BCUT2D eigenvalue weighted by Crippen LogP contribution is 2.28. The summed E-state index contributed by atoms with van der Waals surface area (Å²) >= 11 is 0. The fraction of sp³-hybridized carbons (Fsp3) is 0.625. The number of rotatable bonds is 5. The molecule has 0 amide bonds. The Hall–Kier alpha value is -0.910. The van der Waals surface area contributed by atoms with Crippen LogP contribution in [0, 0.1) is 13.8 Å². The zero-order valence-corrected chi connectivity index (χ0v) is 15.1. The van der Waals surface area contributed by atoms with Crippen LogP contribution in [0.1, 0.15) is 37.5 Å². The third kappa shape index (κ3) is 4.80. The van der Waals surface area contributed by atoms with Crippen molar-refractivity contribution in [2.45, 2.75) is 44.9 Å². The van der Waals surface area contributed by atoms with Crippen LogP contribution in [0.3, 0.4) is 0 Å². The average molecular weight is 312 g/mol. The van der Waals surface area contributed by atoms with Crippen molar-refractivity contribution in [1.29, 1.82) is 0 Å². The second-order valence-corrected chi connectivity index (χ2v) is 8.59. The third-order valence-corrected chi connectivity index (χ3v) is 5.21. The Morgan fingerprint density at radius 2 is 1.57 bits per heavy atom. The first-order valence-electron chi connectivity index (χ1n) is 7.21. The molecule has 0 fully saturated rings. The van der Waals surface area contributed by atoms with Gasteiger partial charge in [-0.15, -0.1) is 0 Å². The average Bonchev–Trinajstić information content (AvgIpc) is 2.25. The molecule has 0 bridgehead atoms. The molecule has 0 aliphatic rings. The largest absolute Gasteiger partial charge is 0.308 e. The number of sulfonamides is 1. The van der Waals surface area contributed by atoms with Crippen molar-refractivity contribution in [2.75, 3.05) is 27.2 Å². The predicted molar refractivity (Wildman–Crippen MR) is 88.4 cm³/mol. The summed E-state index contributed by atoms with van der Waals surface area (Å²) in [5, 5.41) is 0. The molecule has 4 nitrogen and oxygen atoms in total. The van der Waals surface area contributed by atoms with E-state index in [0.717, 1.165) is 16.7 Å². The minimum Gasteiger partial charge on any atom is -0.308 e. The van der Waals surface area contributed by atoms with E-state index >= 15 is 0 Å². The van der Waals surface area contributed by atoms with Crippen molar-refractivity contribution in [3.05, 3.63) is 28.8 Å². The van der Waals surface area contributed by atoms with Gasteiger partial charge in [0.2, 0.25) is 10.0 Å². The van der Waals surface area contributed by atoms with Crippen LogP contribution in [0.2, 0.25) is 0 Å². The summed E-state index contributed by atoms with van der Waals surface area (Å²) in [6, 6.07) is 3.96. The maximum atomic E-state index is 12.5. The van der Waals surface area contributed by atoms with E-state index in [1.54, 1.807) is 0 Å². The van der Waals surface area contributed by atoms with Crippen LogP contribution in [0.25, 0.3) is 0 Å². The fourth-order valence-electron chi connectivity index (χ4n) is 2.28. The Morgan fingerprint density at radius 3 is 1.95 bits per heavy atom. The quantitative estimate of drug-likeness (QED) is 0.908. The molecule has 0 atom stereocenters. The van der Waals surface area contributed by atoms with Crippen molar-refractivity contribution in [2.24, 2.45) is 0 Å². The van der Waals surface area contributed by atoms with Crippen molar-refractivity contribution in [3.63, 3.8) is 0 Å². The van der Waals surface area contributed by atoms with Gasteiger partial charge in [-0.2, -0.15) is 0 Å². The summed E-state index contributed by atoms with van der Waals surface area (Å²) in [6.07, 6.45) is 0. The first-order chi connectivity index (χ1) is 9.45. The molecule has 0 aliphatic heterocycles. The van der Waals surface area contributed by atoms with Gasteiger partial charge in [0, 0.05) is 13.1 Å². The van der Waals surface area contributed by atoms with E-state index in [0.29, 0.717) is 18.0 Å². The normalized spacial score (nSPS) is 13.0. The van der Waals surface area contributed by atoms with E-state index in [2.05, 4.69) is 25.5 Å². The summed E-state index contributed by atoms with van der Waals surface area (Å²) in [5.74, 6) is 0. The van der Waals surface area contributed by atoms with Crippen LogP contribution < -0.4 is 4.72 Å². The second kappa shape index (κ2) is 6.46. The van der Waals surface area contributed by atoms with Gasteiger partial charge in [-0.05, 0) is 50.0 Å². The summed E-state index contributed by atoms with van der Waals surface area (Å²) in [5.41, 5.74) is 2.77. The number of hydrogen-bond donors (Lipinski definition) is 1. The lowest BCUT2D eigenvalue weighted by atomic mass is 9.85. The second-order valence-electron chi connectivity index (χ2n) is 6.89. The topological polar surface area (TPSA) is 49.4 Å². The highest BCUT2D eigenvalue weighted by molar-refractivity contribution is 7.89. The molecule has 120 valence electrons. The molecule has 0 aliphatic carbocycles. The molecule has 1 aromatic rings. The molecule has 0 aromatic heterocycles. The van der Waals surface area contributed by atoms with Crippen molar-refractivity contribution in [3.8, 4) is 0 Å². The van der Waals surface area contributed by atoms with Crippen LogP contribution in [-0.4, -0.2) is 40.5 Å². The van der Waals surface area contributed by atoms with Gasteiger partial charge >= 0.3 is 0 Å². The van der Waals surface area contributed by atoms with Gasteiger partial charge in [0.05, 0.1) is 4.90 Å². The number of benzene rings is 1. The Balaban J connectivity index is 3.14. The van der Waals surface area contributed by atoms with Gasteiger partial charge in [-0.3, -0.25) is 0 Å². The fourth-order valence-corrected chi connectivity index (χ4v) is 3.75. The lowest BCUT2D eigenvalue weighted by Crippen LogP contribution is -2.32. The van der Waals surface area contributed by atoms with Crippen molar-refractivity contribution in [1.82, 2.24) is 9.62 Å². The van der Waals surface area contributed by atoms with E-state index in [1.165, 1.54) is 0 Å². The molecule has 5 heteroatoms. The van der Waals surface area contributed by atoms with E-state index < -0.39 is 10.0 Å². The van der Waals surface area contributed by atoms with Crippen molar-refractivity contribution >= 4 is 10.0 Å². The SMILES string of the molecule is Cc1cc(C(C)(C)C)cc(C)c1S(=O)(=O)NCCN(C)C. The third-order valence-electron chi connectivity index (χ3n) is 3.45. The standard InChI is InChI=1S/C16H28N2O2S/c1-12-10-14(16(3,4)5)11-13(2)15(12)21(19,20)17-8-9-18(6)7/h10-11,17H,8-9H2,1-7H3. The highest BCUT2D eigenvalue weighted by Gasteiger charge is 2.22. The van der Waals surface area contributed by atoms with Gasteiger partial charge < -0.3 is 4.90 Å². The number of nitrogens with zero attached hydrogens (tertiary/aromatic N) is 1. The van der Waals surface area contributed by atoms with Gasteiger partial charge in [-0.25, -0.2) is 13.1 Å². The zero-order valence-electron chi connectivity index (χ0n) is 14.2. The molecule has 21 heavy (non-hydrogen) atoms. The van der Waals surface area contributed by atoms with Gasteiger partial charge in [0.15, 0.2) is 0 Å². The first kappa shape index (κ1) is 18.1. The lowest BCUT2D eigenvalue weighted by molar-refractivity contribution is 0.412. The molecule has 0 heterocycles. The maximum absolute atomic E-state index is 12.5. The molecule has 0 radical (unpaired) electrons. The molecule has 1 aromatic carbocycles. The molecule has 1 N–H and O–H groups in total. The lowest BCUT2D eigenvalue weighted by Gasteiger charge is -2.22. The first-order valence-corrected chi connectivity index (χ1v) is 8.69. The van der Waals surface area contributed by atoms with Crippen LogP contribution in [-0.2, 0) is 15.4 Å². The number of aryl methyl sites for hydroxylation is 2. The molecule has 0 unspecified atom stereocenters. The van der Waals surface area contributed by atoms with Gasteiger partial charge in [0.25, 0.3) is 0 Å². The molecular formula is C16H28N2O2S. The summed E-state index contributed by atoms with van der Waals surface area (Å²) < 4.78 is 27.7. The molecule has 0 spiro atoms. The van der Waals surface area contributed by atoms with E-state index in [9.17, 15) is 8.42 Å². The Labute approximate surface area is 129 Å². The summed E-state index contributed by atoms with van der Waals surface area (Å²) in [6.45, 7) is 11.2. The Kier molecular flexibility index (Phi) is 5.58. The Bertz CT molecular complexity index is 576. The minimum absolute atomic E-state index is 0.0101. The molecular weight excluding hydrogens is 284 g/mol. The van der Waals surface area contributed by atoms with Gasteiger partial charge in [0.1, 0.15) is 0 Å². The monoisotopic (exact) mass is 312 g/mol. The number of hydrogen-bond acceptors (Lipinski definition) is 3. The molecule has 0 saturated carbocycles. The summed E-state index contributed by atoms with van der Waals surface area (Å²) in [4.78, 5) is 2.36. The highest BCUT2D eigenvalue weighted by atomic mass is 32.2. The molecule has 1 rings (SSSR count).